The van der Waals surface area contributed by atoms with E-state index in [1.807, 2.05) is 62.4 Å². The first-order chi connectivity index (χ1) is 20.1. The van der Waals surface area contributed by atoms with Gasteiger partial charge in [0.25, 0.3) is 11.8 Å². The van der Waals surface area contributed by atoms with Crippen LogP contribution in [-0.2, 0) is 9.49 Å². The maximum Gasteiger partial charge on any atom is 0.266 e. The number of hydrogen-bond acceptors (Lipinski definition) is 1. The molecular formula is C34H30Br2Cl2F4S. The minimum absolute atomic E-state index is 0.484. The fourth-order valence-electron chi connectivity index (χ4n) is 5.63. The summed E-state index contributed by atoms with van der Waals surface area (Å²) in [6, 6.07) is 14.1. The van der Waals surface area contributed by atoms with Gasteiger partial charge >= 0.3 is 0 Å². The molecule has 0 N–H and O–H groups in total. The van der Waals surface area contributed by atoms with Crippen LogP contribution in [0, 0.1) is 11.8 Å². The Morgan fingerprint density at radius 1 is 0.721 bits per heavy atom. The number of allylic oxidation sites excluding steroid dienone is 8. The van der Waals surface area contributed by atoms with Gasteiger partial charge in [-0.3, -0.25) is 0 Å². The third-order valence-electron chi connectivity index (χ3n) is 8.04. The van der Waals surface area contributed by atoms with Gasteiger partial charge in [0.1, 0.15) is 0 Å². The van der Waals surface area contributed by atoms with Gasteiger partial charge in [-0.25, -0.2) is 17.6 Å². The summed E-state index contributed by atoms with van der Waals surface area (Å²) < 4.78 is 60.0. The average molecular weight is 777 g/mol. The molecule has 2 aliphatic carbocycles. The van der Waals surface area contributed by atoms with Crippen LogP contribution in [0.15, 0.2) is 118 Å². The van der Waals surface area contributed by atoms with Gasteiger partial charge in [0.2, 0.25) is 0 Å². The van der Waals surface area contributed by atoms with Crippen molar-refractivity contribution in [3.63, 3.8) is 0 Å². The summed E-state index contributed by atoms with van der Waals surface area (Å²) in [5, 5.41) is 0.967. The van der Waals surface area contributed by atoms with Crippen molar-refractivity contribution in [2.75, 3.05) is 0 Å². The Morgan fingerprint density at radius 3 is 1.35 bits per heavy atom. The molecule has 2 aromatic rings. The van der Waals surface area contributed by atoms with Crippen molar-refractivity contribution >= 4 is 66.8 Å². The summed E-state index contributed by atoms with van der Waals surface area (Å²) in [5.41, 5.74) is 2.99. The molecule has 0 amide bonds. The number of hydrogen-bond donors (Lipinski definition) is 0. The lowest BCUT2D eigenvalue weighted by Gasteiger charge is -2.51. The van der Waals surface area contributed by atoms with E-state index in [2.05, 4.69) is 45.0 Å². The SMILES string of the molecule is C=CC(F)(F)CC1C(Br)=C(C)C=CC1(SC1(c2ccc(Cl)cc2)C=CC(C)=C(Br)C1CC(F)(F)C=C)c1ccc(Cl)cc1. The molecule has 43 heavy (non-hydrogen) atoms. The summed E-state index contributed by atoms with van der Waals surface area (Å²) in [6.45, 7) is 10.5. The molecule has 0 saturated heterocycles. The quantitative estimate of drug-likeness (QED) is 0.171. The van der Waals surface area contributed by atoms with Gasteiger partial charge in [-0.1, -0.05) is 117 Å². The van der Waals surface area contributed by atoms with E-state index in [0.717, 1.165) is 11.1 Å². The van der Waals surface area contributed by atoms with Crippen LogP contribution in [0.2, 0.25) is 10.0 Å². The van der Waals surface area contributed by atoms with E-state index in [1.54, 1.807) is 24.3 Å². The van der Waals surface area contributed by atoms with Crippen molar-refractivity contribution in [2.24, 2.45) is 11.8 Å². The highest BCUT2D eigenvalue weighted by atomic mass is 79.9. The van der Waals surface area contributed by atoms with Gasteiger partial charge in [-0.2, -0.15) is 0 Å². The van der Waals surface area contributed by atoms with Gasteiger partial charge < -0.3 is 0 Å². The minimum Gasteiger partial charge on any atom is -0.202 e. The summed E-state index contributed by atoms with van der Waals surface area (Å²) >= 11 is 21.3. The standard InChI is InChI=1S/C34H30Br2Cl2F4S/c1-5-31(39,40)19-27-29(35)21(3)15-17-33(27,23-7-11-25(37)12-8-23)43-34(24-9-13-26(38)14-10-24)18-16-22(4)30(36)28(34)20-32(41,42)6-2/h5-18,27-28H,1-2,19-20H2,3-4H3. The molecule has 4 rings (SSSR count). The Hall–Kier alpha value is -1.51. The van der Waals surface area contributed by atoms with Crippen LogP contribution in [0.5, 0.6) is 0 Å². The Kier molecular flexibility index (Phi) is 10.5. The Labute approximate surface area is 281 Å². The van der Waals surface area contributed by atoms with E-state index >= 15 is 17.6 Å². The maximum absolute atomic E-state index is 15.3. The predicted octanol–water partition coefficient (Wildman–Crippen LogP) is 12.9. The fraction of sp³-hybridized carbons (Fsp3) is 0.294. The molecule has 0 bridgehead atoms. The summed E-state index contributed by atoms with van der Waals surface area (Å²) in [5.74, 6) is -8.04. The lowest BCUT2D eigenvalue weighted by Crippen LogP contribution is -2.44. The second kappa shape index (κ2) is 13.1. The van der Waals surface area contributed by atoms with Crippen LogP contribution in [0.1, 0.15) is 37.8 Å². The first kappa shape index (κ1) is 34.4. The van der Waals surface area contributed by atoms with Gasteiger partial charge in [0, 0.05) is 43.7 Å². The smallest absolute Gasteiger partial charge is 0.202 e. The number of thioether (sulfide) groups is 1. The van der Waals surface area contributed by atoms with E-state index in [1.165, 1.54) is 11.8 Å². The zero-order valence-electron chi connectivity index (χ0n) is 23.5. The topological polar surface area (TPSA) is 0 Å². The van der Waals surface area contributed by atoms with Gasteiger partial charge in [-0.15, -0.1) is 11.8 Å². The van der Waals surface area contributed by atoms with Crippen LogP contribution in [0.25, 0.3) is 0 Å². The molecular weight excluding hydrogens is 747 g/mol. The normalized spacial score (nSPS) is 26.2. The van der Waals surface area contributed by atoms with E-state index in [0.29, 0.717) is 42.3 Å². The van der Waals surface area contributed by atoms with Gasteiger partial charge in [0.05, 0.1) is 9.49 Å². The van der Waals surface area contributed by atoms with Crippen molar-refractivity contribution < 1.29 is 17.6 Å². The lowest BCUT2D eigenvalue weighted by atomic mass is 9.76. The van der Waals surface area contributed by atoms with Crippen LogP contribution >= 0.6 is 66.8 Å². The second-order valence-electron chi connectivity index (χ2n) is 10.9. The largest absolute Gasteiger partial charge is 0.266 e. The Morgan fingerprint density at radius 2 is 1.05 bits per heavy atom. The molecule has 9 heteroatoms. The van der Waals surface area contributed by atoms with Crippen molar-refractivity contribution in [1.29, 1.82) is 0 Å². The highest BCUT2D eigenvalue weighted by Gasteiger charge is 2.55. The van der Waals surface area contributed by atoms with E-state index < -0.39 is 46.0 Å². The first-order valence-electron chi connectivity index (χ1n) is 13.5. The molecule has 4 unspecified atom stereocenters. The van der Waals surface area contributed by atoms with E-state index in [9.17, 15) is 0 Å². The second-order valence-corrected chi connectivity index (χ2v) is 15.0. The highest BCUT2D eigenvalue weighted by Crippen LogP contribution is 2.65. The third-order valence-corrected chi connectivity index (χ3v) is 12.9. The Balaban J connectivity index is 2.08. The number of benzene rings is 2. The number of halogens is 8. The first-order valence-corrected chi connectivity index (χ1v) is 16.6. The molecule has 0 nitrogen and oxygen atoms in total. The monoisotopic (exact) mass is 774 g/mol. The molecule has 0 aliphatic heterocycles. The van der Waals surface area contributed by atoms with Crippen LogP contribution in [-0.4, -0.2) is 11.8 Å². The molecule has 0 aromatic heterocycles. The molecule has 0 heterocycles. The zero-order chi connectivity index (χ0) is 31.8. The van der Waals surface area contributed by atoms with Gasteiger partial charge in [0.15, 0.2) is 0 Å². The predicted molar refractivity (Wildman–Crippen MR) is 182 cm³/mol. The van der Waals surface area contributed by atoms with Crippen molar-refractivity contribution in [2.45, 2.75) is 48.0 Å². The number of rotatable bonds is 10. The summed E-state index contributed by atoms with van der Waals surface area (Å²) in [7, 11) is 0. The maximum atomic E-state index is 15.3. The molecule has 2 aliphatic rings. The lowest BCUT2D eigenvalue weighted by molar-refractivity contribution is 0.0291. The molecule has 0 spiro atoms. The fourth-order valence-corrected chi connectivity index (χ4v) is 9.52. The minimum atomic E-state index is -3.21. The zero-order valence-corrected chi connectivity index (χ0v) is 29.0. The van der Waals surface area contributed by atoms with Crippen molar-refractivity contribution in [3.05, 3.63) is 139 Å². The highest BCUT2D eigenvalue weighted by molar-refractivity contribution is 9.12. The third kappa shape index (κ3) is 7.01. The number of alkyl halides is 4. The average Bonchev–Trinajstić information content (AvgIpc) is 2.97. The molecule has 0 saturated carbocycles. The van der Waals surface area contributed by atoms with Crippen LogP contribution in [0.4, 0.5) is 17.6 Å². The van der Waals surface area contributed by atoms with Crippen molar-refractivity contribution in [3.8, 4) is 0 Å². The van der Waals surface area contributed by atoms with Crippen LogP contribution in [0.3, 0.4) is 0 Å². The van der Waals surface area contributed by atoms with Gasteiger partial charge in [-0.05, 0) is 72.5 Å². The molecule has 4 atom stereocenters. The van der Waals surface area contributed by atoms with E-state index in [4.69, 9.17) is 23.2 Å². The van der Waals surface area contributed by atoms with E-state index in [-0.39, 0.29) is 0 Å². The molecule has 0 radical (unpaired) electrons. The molecule has 228 valence electrons. The summed E-state index contributed by atoms with van der Waals surface area (Å²) in [4.78, 5) is 0. The molecule has 2 aromatic carbocycles. The summed E-state index contributed by atoms with van der Waals surface area (Å²) in [6.07, 6.45) is 7.78. The molecule has 0 fully saturated rings. The van der Waals surface area contributed by atoms with Crippen LogP contribution < -0.4 is 0 Å². The van der Waals surface area contributed by atoms with Crippen molar-refractivity contribution in [1.82, 2.24) is 0 Å². The Bertz CT molecular complexity index is 1400.